The molecule has 2 aromatic rings. The van der Waals surface area contributed by atoms with Crippen LogP contribution >= 0.6 is 34.8 Å². The van der Waals surface area contributed by atoms with Gasteiger partial charge in [0.15, 0.2) is 5.78 Å². The van der Waals surface area contributed by atoms with Crippen LogP contribution in [0.25, 0.3) is 5.69 Å². The van der Waals surface area contributed by atoms with E-state index in [-0.39, 0.29) is 11.7 Å². The van der Waals surface area contributed by atoms with Crippen molar-refractivity contribution in [3.63, 3.8) is 0 Å². The standard InChI is InChI=1S/C14H12Cl3NO/c1-8-6-10(13(19)7-15)9(2)18(8)12-5-3-4-11(16)14(12)17/h3-6H,7H2,1-2H3. The highest BCUT2D eigenvalue weighted by Gasteiger charge is 2.17. The number of hydrogen-bond acceptors (Lipinski definition) is 1. The molecule has 0 aliphatic heterocycles. The normalized spacial score (nSPS) is 10.8. The Balaban J connectivity index is 2.67. The van der Waals surface area contributed by atoms with E-state index in [2.05, 4.69) is 0 Å². The fourth-order valence-electron chi connectivity index (χ4n) is 2.15. The quantitative estimate of drug-likeness (QED) is 0.587. The number of alkyl halides is 1. The van der Waals surface area contributed by atoms with Crippen LogP contribution in [0.3, 0.4) is 0 Å². The molecular weight excluding hydrogens is 305 g/mol. The van der Waals surface area contributed by atoms with Crippen molar-refractivity contribution in [2.75, 3.05) is 5.88 Å². The Morgan fingerprint density at radius 2 is 1.95 bits per heavy atom. The third kappa shape index (κ3) is 2.53. The van der Waals surface area contributed by atoms with Gasteiger partial charge in [0.25, 0.3) is 0 Å². The molecule has 0 radical (unpaired) electrons. The maximum atomic E-state index is 11.8. The van der Waals surface area contributed by atoms with Gasteiger partial charge in [-0.3, -0.25) is 4.79 Å². The molecule has 0 N–H and O–H groups in total. The second kappa shape index (κ2) is 5.58. The fourth-order valence-corrected chi connectivity index (χ4v) is 2.68. The van der Waals surface area contributed by atoms with Crippen LogP contribution in [0.15, 0.2) is 24.3 Å². The number of carbonyl (C=O) groups is 1. The number of carbonyl (C=O) groups excluding carboxylic acids is 1. The topological polar surface area (TPSA) is 22.0 Å². The van der Waals surface area contributed by atoms with E-state index >= 15 is 0 Å². The minimum atomic E-state index is -0.0980. The number of rotatable bonds is 3. The summed E-state index contributed by atoms with van der Waals surface area (Å²) in [7, 11) is 0. The van der Waals surface area contributed by atoms with Gasteiger partial charge in [0, 0.05) is 17.0 Å². The van der Waals surface area contributed by atoms with Gasteiger partial charge >= 0.3 is 0 Å². The van der Waals surface area contributed by atoms with E-state index in [1.54, 1.807) is 6.07 Å². The van der Waals surface area contributed by atoms with E-state index in [9.17, 15) is 4.79 Å². The molecule has 0 fully saturated rings. The van der Waals surface area contributed by atoms with Crippen molar-refractivity contribution in [1.82, 2.24) is 4.57 Å². The molecule has 0 atom stereocenters. The molecule has 0 unspecified atom stereocenters. The average molecular weight is 317 g/mol. The summed E-state index contributed by atoms with van der Waals surface area (Å²) in [5, 5.41) is 0.952. The molecule has 1 heterocycles. The number of hydrogen-bond donors (Lipinski definition) is 0. The summed E-state index contributed by atoms with van der Waals surface area (Å²) >= 11 is 17.9. The fraction of sp³-hybridized carbons (Fsp3) is 0.214. The number of halogens is 3. The Morgan fingerprint density at radius 3 is 2.58 bits per heavy atom. The number of nitrogens with zero attached hydrogens (tertiary/aromatic N) is 1. The summed E-state index contributed by atoms with van der Waals surface area (Å²) in [5.74, 6) is -0.132. The van der Waals surface area contributed by atoms with Gasteiger partial charge in [0.05, 0.1) is 21.6 Å². The predicted molar refractivity (Wildman–Crippen MR) is 80.3 cm³/mol. The third-order valence-electron chi connectivity index (χ3n) is 3.03. The molecule has 0 saturated carbocycles. The Morgan fingerprint density at radius 1 is 1.26 bits per heavy atom. The molecule has 0 spiro atoms. The van der Waals surface area contributed by atoms with Crippen molar-refractivity contribution < 1.29 is 4.79 Å². The van der Waals surface area contributed by atoms with Gasteiger partial charge in [0.1, 0.15) is 0 Å². The molecule has 0 aliphatic carbocycles. The number of aromatic nitrogens is 1. The van der Waals surface area contributed by atoms with E-state index < -0.39 is 0 Å². The lowest BCUT2D eigenvalue weighted by Gasteiger charge is -2.12. The maximum Gasteiger partial charge on any atom is 0.179 e. The van der Waals surface area contributed by atoms with Crippen molar-refractivity contribution in [2.45, 2.75) is 13.8 Å². The van der Waals surface area contributed by atoms with Crippen molar-refractivity contribution in [1.29, 1.82) is 0 Å². The molecule has 1 aromatic heterocycles. The number of benzene rings is 1. The second-order valence-corrected chi connectivity index (χ2v) is 5.30. The van der Waals surface area contributed by atoms with Crippen LogP contribution in [0.5, 0.6) is 0 Å². The monoisotopic (exact) mass is 315 g/mol. The van der Waals surface area contributed by atoms with Crippen molar-refractivity contribution in [3.05, 3.63) is 51.3 Å². The molecule has 0 saturated heterocycles. The molecule has 5 heteroatoms. The number of aryl methyl sites for hydroxylation is 1. The van der Waals surface area contributed by atoms with Crippen molar-refractivity contribution in [3.8, 4) is 5.69 Å². The summed E-state index contributed by atoms with van der Waals surface area (Å²) in [5.41, 5.74) is 3.10. The molecule has 19 heavy (non-hydrogen) atoms. The first-order chi connectivity index (χ1) is 8.97. The summed E-state index contributed by atoms with van der Waals surface area (Å²) in [4.78, 5) is 11.8. The van der Waals surface area contributed by atoms with Crippen LogP contribution in [0.1, 0.15) is 21.7 Å². The zero-order valence-electron chi connectivity index (χ0n) is 10.5. The van der Waals surface area contributed by atoms with E-state index in [0.717, 1.165) is 17.1 Å². The first kappa shape index (κ1) is 14.4. The molecular formula is C14H12Cl3NO. The first-order valence-corrected chi connectivity index (χ1v) is 6.99. The lowest BCUT2D eigenvalue weighted by molar-refractivity contribution is 0.102. The number of ketones is 1. The largest absolute Gasteiger partial charge is 0.316 e. The van der Waals surface area contributed by atoms with Gasteiger partial charge in [-0.2, -0.15) is 0 Å². The van der Waals surface area contributed by atoms with Crippen LogP contribution in [0.2, 0.25) is 10.0 Å². The summed E-state index contributed by atoms with van der Waals surface area (Å²) in [6, 6.07) is 7.23. The van der Waals surface area contributed by atoms with Crippen LogP contribution in [0, 0.1) is 13.8 Å². The zero-order valence-corrected chi connectivity index (χ0v) is 12.8. The van der Waals surface area contributed by atoms with E-state index in [1.165, 1.54) is 0 Å². The lowest BCUT2D eigenvalue weighted by Crippen LogP contribution is -2.04. The first-order valence-electron chi connectivity index (χ1n) is 5.70. The predicted octanol–water partition coefficient (Wildman–Crippen LogP) is 4.82. The Kier molecular flexibility index (Phi) is 4.24. The highest BCUT2D eigenvalue weighted by Crippen LogP contribution is 2.31. The third-order valence-corrected chi connectivity index (χ3v) is 4.08. The van der Waals surface area contributed by atoms with E-state index in [4.69, 9.17) is 34.8 Å². The Bertz CT molecular complexity index is 646. The van der Waals surface area contributed by atoms with Gasteiger partial charge < -0.3 is 4.57 Å². The highest BCUT2D eigenvalue weighted by atomic mass is 35.5. The number of Topliss-reactive ketones (excluding diaryl/α,β-unsaturated/α-hetero) is 1. The molecule has 2 nitrogen and oxygen atoms in total. The van der Waals surface area contributed by atoms with Crippen LogP contribution in [-0.2, 0) is 0 Å². The molecule has 0 aliphatic rings. The van der Waals surface area contributed by atoms with Crippen molar-refractivity contribution in [2.24, 2.45) is 0 Å². The van der Waals surface area contributed by atoms with Crippen LogP contribution < -0.4 is 0 Å². The smallest absolute Gasteiger partial charge is 0.179 e. The molecule has 2 rings (SSSR count). The molecule has 0 amide bonds. The van der Waals surface area contributed by atoms with Crippen molar-refractivity contribution >= 4 is 40.6 Å². The summed E-state index contributed by atoms with van der Waals surface area (Å²) in [6.45, 7) is 3.78. The van der Waals surface area contributed by atoms with E-state index in [1.807, 2.05) is 36.6 Å². The van der Waals surface area contributed by atoms with Gasteiger partial charge in [-0.1, -0.05) is 29.3 Å². The van der Waals surface area contributed by atoms with Crippen LogP contribution in [-0.4, -0.2) is 16.2 Å². The maximum absolute atomic E-state index is 11.8. The van der Waals surface area contributed by atoms with Crippen LogP contribution in [0.4, 0.5) is 0 Å². The Hall–Kier alpha value is -0.960. The van der Waals surface area contributed by atoms with Gasteiger partial charge in [0.2, 0.25) is 0 Å². The molecule has 0 bridgehead atoms. The van der Waals surface area contributed by atoms with Gasteiger partial charge in [-0.05, 0) is 32.0 Å². The lowest BCUT2D eigenvalue weighted by atomic mass is 10.2. The highest BCUT2D eigenvalue weighted by molar-refractivity contribution is 6.43. The van der Waals surface area contributed by atoms with Gasteiger partial charge in [-0.25, -0.2) is 0 Å². The van der Waals surface area contributed by atoms with E-state index in [0.29, 0.717) is 15.6 Å². The Labute approximate surface area is 126 Å². The second-order valence-electron chi connectivity index (χ2n) is 4.25. The minimum Gasteiger partial charge on any atom is -0.316 e. The summed E-state index contributed by atoms with van der Waals surface area (Å²) in [6.07, 6.45) is 0. The SMILES string of the molecule is Cc1cc(C(=O)CCl)c(C)n1-c1cccc(Cl)c1Cl. The van der Waals surface area contributed by atoms with Gasteiger partial charge in [-0.15, -0.1) is 11.6 Å². The molecule has 1 aromatic carbocycles. The minimum absolute atomic E-state index is 0.0342. The average Bonchev–Trinajstić information content (AvgIpc) is 2.68. The molecule has 100 valence electrons. The zero-order chi connectivity index (χ0) is 14.2. The summed E-state index contributed by atoms with van der Waals surface area (Å²) < 4.78 is 1.91.